The molecule has 2 saturated heterocycles. The van der Waals surface area contributed by atoms with Crippen molar-refractivity contribution in [3.05, 3.63) is 0 Å². The molecule has 0 aliphatic carbocycles. The molecule has 2 atom stereocenters. The van der Waals surface area contributed by atoms with Gasteiger partial charge < -0.3 is 15.7 Å². The van der Waals surface area contributed by atoms with E-state index >= 15 is 0 Å². The molecule has 116 valence electrons. The summed E-state index contributed by atoms with van der Waals surface area (Å²) < 4.78 is 0. The Morgan fingerprint density at radius 2 is 2.00 bits per heavy atom. The molecule has 0 aromatic heterocycles. The molecule has 0 aromatic carbocycles. The van der Waals surface area contributed by atoms with E-state index in [0.717, 1.165) is 13.0 Å². The number of nitrogens with one attached hydrogen (secondary N) is 2. The lowest BCUT2D eigenvalue weighted by molar-refractivity contribution is 0.0348. The topological polar surface area (TPSA) is 64.6 Å². The van der Waals surface area contributed by atoms with Crippen molar-refractivity contribution < 1.29 is 9.90 Å². The van der Waals surface area contributed by atoms with Crippen molar-refractivity contribution in [1.82, 2.24) is 15.5 Å². The highest BCUT2D eigenvalue weighted by atomic mass is 16.3. The lowest BCUT2D eigenvalue weighted by Crippen LogP contribution is -2.52. The van der Waals surface area contributed by atoms with Gasteiger partial charge in [0.05, 0.1) is 5.60 Å². The van der Waals surface area contributed by atoms with Crippen LogP contribution in [0.5, 0.6) is 0 Å². The van der Waals surface area contributed by atoms with Crippen LogP contribution in [0, 0.1) is 0 Å². The number of aliphatic hydroxyl groups is 1. The zero-order valence-electron chi connectivity index (χ0n) is 12.8. The van der Waals surface area contributed by atoms with Gasteiger partial charge in [0.1, 0.15) is 0 Å². The minimum atomic E-state index is -0.774. The Kier molecular flexibility index (Phi) is 5.27. The number of hydrogen-bond donors (Lipinski definition) is 3. The number of nitrogens with zero attached hydrogens (tertiary/aromatic N) is 1. The van der Waals surface area contributed by atoms with Gasteiger partial charge in [0, 0.05) is 25.2 Å². The molecule has 2 rings (SSSR count). The number of fused-ring (bicyclic) bond motifs is 1. The third-order valence-electron chi connectivity index (χ3n) is 5.07. The number of rotatable bonds is 5. The average molecular weight is 283 g/mol. The van der Waals surface area contributed by atoms with Crippen molar-refractivity contribution in [3.8, 4) is 0 Å². The standard InChI is InChI=1S/C15H29N3O2/c1-3-15(20,4-2)11-16-14(19)17-12-8-10-18-9-6-5-7-13(12)18/h12-13,20H,3-11H2,1-2H3,(H2,16,17,19). The molecular formula is C15H29N3O2. The van der Waals surface area contributed by atoms with Crippen LogP contribution in [0.4, 0.5) is 4.79 Å². The van der Waals surface area contributed by atoms with E-state index in [1.54, 1.807) is 0 Å². The van der Waals surface area contributed by atoms with E-state index in [9.17, 15) is 9.90 Å². The highest BCUT2D eigenvalue weighted by molar-refractivity contribution is 5.74. The third kappa shape index (κ3) is 3.64. The Labute approximate surface area is 122 Å². The summed E-state index contributed by atoms with van der Waals surface area (Å²) in [6.07, 6.45) is 6.11. The van der Waals surface area contributed by atoms with Crippen molar-refractivity contribution in [2.24, 2.45) is 0 Å². The normalized spacial score (nSPS) is 27.1. The maximum absolute atomic E-state index is 12.0. The minimum absolute atomic E-state index is 0.136. The third-order valence-corrected chi connectivity index (χ3v) is 5.07. The molecule has 5 nitrogen and oxygen atoms in total. The molecular weight excluding hydrogens is 254 g/mol. The van der Waals surface area contributed by atoms with E-state index in [1.165, 1.54) is 25.8 Å². The SMILES string of the molecule is CCC(O)(CC)CNC(=O)NC1CCN2CCCCC12. The van der Waals surface area contributed by atoms with Gasteiger partial charge in [-0.25, -0.2) is 4.79 Å². The van der Waals surface area contributed by atoms with Gasteiger partial charge in [0.15, 0.2) is 0 Å². The largest absolute Gasteiger partial charge is 0.388 e. The molecule has 0 radical (unpaired) electrons. The summed E-state index contributed by atoms with van der Waals surface area (Å²) in [4.78, 5) is 14.5. The van der Waals surface area contributed by atoms with E-state index in [2.05, 4.69) is 15.5 Å². The maximum atomic E-state index is 12.0. The first-order valence-electron chi connectivity index (χ1n) is 8.09. The van der Waals surface area contributed by atoms with Crippen molar-refractivity contribution >= 4 is 6.03 Å². The first-order chi connectivity index (χ1) is 9.58. The fraction of sp³-hybridized carbons (Fsp3) is 0.933. The van der Waals surface area contributed by atoms with Crippen LogP contribution in [0.15, 0.2) is 0 Å². The predicted molar refractivity (Wildman–Crippen MR) is 79.7 cm³/mol. The Bertz CT molecular complexity index is 331. The number of urea groups is 1. The second-order valence-corrected chi connectivity index (χ2v) is 6.25. The lowest BCUT2D eigenvalue weighted by Gasteiger charge is -2.33. The Morgan fingerprint density at radius 1 is 1.25 bits per heavy atom. The van der Waals surface area contributed by atoms with Gasteiger partial charge in [-0.15, -0.1) is 0 Å². The number of carbonyl (C=O) groups excluding carboxylic acids is 1. The number of hydrogen-bond acceptors (Lipinski definition) is 3. The van der Waals surface area contributed by atoms with E-state index in [0.29, 0.717) is 25.4 Å². The van der Waals surface area contributed by atoms with Gasteiger partial charge in [-0.05, 0) is 38.6 Å². The first kappa shape index (κ1) is 15.6. The summed E-state index contributed by atoms with van der Waals surface area (Å²) in [6, 6.07) is 0.653. The molecule has 2 amide bonds. The van der Waals surface area contributed by atoms with Crippen molar-refractivity contribution in [3.63, 3.8) is 0 Å². The second-order valence-electron chi connectivity index (χ2n) is 6.25. The second kappa shape index (κ2) is 6.76. The van der Waals surface area contributed by atoms with Gasteiger partial charge in [-0.1, -0.05) is 20.3 Å². The zero-order valence-corrected chi connectivity index (χ0v) is 12.8. The summed E-state index contributed by atoms with van der Waals surface area (Å²) in [5.74, 6) is 0. The number of piperidine rings is 1. The van der Waals surface area contributed by atoms with Crippen LogP contribution in [0.25, 0.3) is 0 Å². The minimum Gasteiger partial charge on any atom is -0.388 e. The van der Waals surface area contributed by atoms with E-state index < -0.39 is 5.60 Å². The zero-order chi connectivity index (χ0) is 14.6. The maximum Gasteiger partial charge on any atom is 0.315 e. The molecule has 2 aliphatic rings. The van der Waals surface area contributed by atoms with E-state index in [-0.39, 0.29) is 12.1 Å². The molecule has 0 aromatic rings. The van der Waals surface area contributed by atoms with Gasteiger partial charge in [0.25, 0.3) is 0 Å². The summed E-state index contributed by atoms with van der Waals surface area (Å²) in [5.41, 5.74) is -0.774. The van der Waals surface area contributed by atoms with Gasteiger partial charge in [-0.2, -0.15) is 0 Å². The van der Waals surface area contributed by atoms with Crippen LogP contribution in [0.3, 0.4) is 0 Å². The summed E-state index contributed by atoms with van der Waals surface area (Å²) >= 11 is 0. The van der Waals surface area contributed by atoms with Crippen LogP contribution in [0.1, 0.15) is 52.4 Å². The Balaban J connectivity index is 1.77. The van der Waals surface area contributed by atoms with E-state index in [1.807, 2.05) is 13.8 Å². The molecule has 2 fully saturated rings. The van der Waals surface area contributed by atoms with Crippen LogP contribution in [-0.2, 0) is 0 Å². The molecule has 5 heteroatoms. The highest BCUT2D eigenvalue weighted by Crippen LogP contribution is 2.27. The molecule has 2 aliphatic heterocycles. The lowest BCUT2D eigenvalue weighted by atomic mass is 9.97. The molecule has 2 unspecified atom stereocenters. The smallest absolute Gasteiger partial charge is 0.315 e. The van der Waals surface area contributed by atoms with E-state index in [4.69, 9.17) is 0 Å². The predicted octanol–water partition coefficient (Wildman–Crippen LogP) is 1.46. The van der Waals surface area contributed by atoms with Crippen molar-refractivity contribution in [2.75, 3.05) is 19.6 Å². The van der Waals surface area contributed by atoms with Crippen LogP contribution >= 0.6 is 0 Å². The highest BCUT2D eigenvalue weighted by Gasteiger charge is 2.36. The van der Waals surface area contributed by atoms with Crippen molar-refractivity contribution in [2.45, 2.75) is 70.1 Å². The molecule has 3 N–H and O–H groups in total. The summed E-state index contributed by atoms with van der Waals surface area (Å²) in [7, 11) is 0. The number of amides is 2. The van der Waals surface area contributed by atoms with Crippen LogP contribution in [-0.4, -0.2) is 53.4 Å². The fourth-order valence-corrected chi connectivity index (χ4v) is 3.38. The molecule has 0 spiro atoms. The van der Waals surface area contributed by atoms with Gasteiger partial charge in [-0.3, -0.25) is 4.90 Å². The van der Waals surface area contributed by atoms with Crippen molar-refractivity contribution in [1.29, 1.82) is 0 Å². The summed E-state index contributed by atoms with van der Waals surface area (Å²) in [5, 5.41) is 16.1. The monoisotopic (exact) mass is 283 g/mol. The van der Waals surface area contributed by atoms with Crippen LogP contribution in [0.2, 0.25) is 0 Å². The first-order valence-corrected chi connectivity index (χ1v) is 8.09. The Morgan fingerprint density at radius 3 is 2.70 bits per heavy atom. The quantitative estimate of drug-likeness (QED) is 0.716. The Hall–Kier alpha value is -0.810. The molecule has 20 heavy (non-hydrogen) atoms. The molecule has 0 saturated carbocycles. The molecule has 2 heterocycles. The fourth-order valence-electron chi connectivity index (χ4n) is 3.38. The number of carbonyl (C=O) groups is 1. The van der Waals surface area contributed by atoms with Gasteiger partial charge >= 0.3 is 6.03 Å². The summed E-state index contributed by atoms with van der Waals surface area (Å²) in [6.45, 7) is 6.49. The molecule has 0 bridgehead atoms. The van der Waals surface area contributed by atoms with Crippen LogP contribution < -0.4 is 10.6 Å². The average Bonchev–Trinajstić information content (AvgIpc) is 2.88. The van der Waals surface area contributed by atoms with Gasteiger partial charge in [0.2, 0.25) is 0 Å².